The Kier molecular flexibility index (Phi) is 10.7. The van der Waals surface area contributed by atoms with Crippen molar-refractivity contribution in [1.29, 1.82) is 5.26 Å². The zero-order chi connectivity index (χ0) is 25.1. The van der Waals surface area contributed by atoms with Crippen molar-refractivity contribution in [2.75, 3.05) is 6.61 Å². The predicted octanol–water partition coefficient (Wildman–Crippen LogP) is 4.34. The highest BCUT2D eigenvalue weighted by Gasteiger charge is 2.25. The molecule has 10 heteroatoms. The molecule has 0 aliphatic rings. The van der Waals surface area contributed by atoms with Gasteiger partial charge in [0, 0.05) is 5.02 Å². The molecule has 0 aromatic heterocycles. The van der Waals surface area contributed by atoms with Gasteiger partial charge in [-0.3, -0.25) is 9.59 Å². The first-order chi connectivity index (χ1) is 16.2. The second-order valence-corrected chi connectivity index (χ2v) is 8.62. The van der Waals surface area contributed by atoms with Crippen LogP contribution in [-0.2, 0) is 9.59 Å². The maximum atomic E-state index is 12.7. The molecular formula is C24H26Cl2N4O4. The highest BCUT2D eigenvalue weighted by atomic mass is 35.5. The van der Waals surface area contributed by atoms with Crippen LogP contribution in [0.1, 0.15) is 32.8 Å². The molecule has 8 nitrogen and oxygen atoms in total. The third-order valence-electron chi connectivity index (χ3n) is 4.46. The van der Waals surface area contributed by atoms with Crippen molar-refractivity contribution in [3.63, 3.8) is 0 Å². The lowest BCUT2D eigenvalue weighted by atomic mass is 10.0. The van der Waals surface area contributed by atoms with Crippen LogP contribution in [-0.4, -0.2) is 36.8 Å². The molecule has 2 amide bonds. The average molecular weight is 505 g/mol. The normalized spacial score (nSPS) is 12.6. The van der Waals surface area contributed by atoms with E-state index >= 15 is 0 Å². The number of carbonyl (C=O) groups is 2. The zero-order valence-corrected chi connectivity index (χ0v) is 20.6. The SMILES string of the molecule is CC(C)C[C@@H](NC(=O)[C@H](C)Oc1ccc(Cl)cc1Cl)C(=O)N/N=C\c1cccc(OCC#N)c1. The summed E-state index contributed by atoms with van der Waals surface area (Å²) >= 11 is 12.0. The summed E-state index contributed by atoms with van der Waals surface area (Å²) in [5.74, 6) is 0.0155. The van der Waals surface area contributed by atoms with Crippen molar-refractivity contribution < 1.29 is 19.1 Å². The van der Waals surface area contributed by atoms with Gasteiger partial charge in [0.1, 0.15) is 23.6 Å². The van der Waals surface area contributed by atoms with Gasteiger partial charge in [0.25, 0.3) is 11.8 Å². The Bertz CT molecular complexity index is 1070. The first-order valence-electron chi connectivity index (χ1n) is 10.5. The molecular weight excluding hydrogens is 479 g/mol. The summed E-state index contributed by atoms with van der Waals surface area (Å²) < 4.78 is 10.9. The summed E-state index contributed by atoms with van der Waals surface area (Å²) in [5.41, 5.74) is 3.12. The molecule has 0 unspecified atom stereocenters. The van der Waals surface area contributed by atoms with Crippen molar-refractivity contribution in [2.24, 2.45) is 11.0 Å². The van der Waals surface area contributed by atoms with Gasteiger partial charge in [0.05, 0.1) is 11.2 Å². The van der Waals surface area contributed by atoms with E-state index in [0.29, 0.717) is 28.5 Å². The lowest BCUT2D eigenvalue weighted by Gasteiger charge is -2.22. The number of hydrogen-bond acceptors (Lipinski definition) is 6. The molecule has 180 valence electrons. The number of hydrogen-bond donors (Lipinski definition) is 2. The number of benzene rings is 2. The second-order valence-electron chi connectivity index (χ2n) is 7.78. The molecule has 0 aliphatic heterocycles. The van der Waals surface area contributed by atoms with E-state index in [2.05, 4.69) is 15.8 Å². The monoisotopic (exact) mass is 504 g/mol. The molecule has 2 atom stereocenters. The Balaban J connectivity index is 1.99. The highest BCUT2D eigenvalue weighted by molar-refractivity contribution is 6.35. The molecule has 0 spiro atoms. The molecule has 0 radical (unpaired) electrons. The number of hydrazone groups is 1. The van der Waals surface area contributed by atoms with Crippen LogP contribution in [0.25, 0.3) is 0 Å². The largest absolute Gasteiger partial charge is 0.479 e. The lowest BCUT2D eigenvalue weighted by molar-refractivity contribution is -0.132. The van der Waals surface area contributed by atoms with Crippen LogP contribution in [0.3, 0.4) is 0 Å². The van der Waals surface area contributed by atoms with Crippen molar-refractivity contribution >= 4 is 41.2 Å². The third-order valence-corrected chi connectivity index (χ3v) is 4.99. The van der Waals surface area contributed by atoms with E-state index in [1.807, 2.05) is 19.9 Å². The molecule has 0 fully saturated rings. The molecule has 2 rings (SSSR count). The van der Waals surface area contributed by atoms with Gasteiger partial charge >= 0.3 is 0 Å². The summed E-state index contributed by atoms with van der Waals surface area (Å²) in [6.45, 7) is 5.37. The fourth-order valence-electron chi connectivity index (χ4n) is 2.86. The number of rotatable bonds is 11. The van der Waals surface area contributed by atoms with Crippen molar-refractivity contribution in [3.05, 3.63) is 58.1 Å². The molecule has 0 bridgehead atoms. The highest BCUT2D eigenvalue weighted by Crippen LogP contribution is 2.28. The van der Waals surface area contributed by atoms with Gasteiger partial charge in [-0.05, 0) is 55.2 Å². The Hall–Kier alpha value is -3.28. The maximum Gasteiger partial charge on any atom is 0.262 e. The van der Waals surface area contributed by atoms with Crippen LogP contribution >= 0.6 is 23.2 Å². The van der Waals surface area contributed by atoms with Crippen LogP contribution in [0.5, 0.6) is 11.5 Å². The van der Waals surface area contributed by atoms with E-state index in [-0.39, 0.29) is 17.5 Å². The van der Waals surface area contributed by atoms with E-state index < -0.39 is 24.0 Å². The van der Waals surface area contributed by atoms with Crippen LogP contribution in [0.2, 0.25) is 10.0 Å². The minimum absolute atomic E-state index is 0.0692. The topological polar surface area (TPSA) is 113 Å². The lowest BCUT2D eigenvalue weighted by Crippen LogP contribution is -2.49. The van der Waals surface area contributed by atoms with Gasteiger partial charge in [-0.2, -0.15) is 10.4 Å². The van der Waals surface area contributed by atoms with Crippen molar-refractivity contribution in [1.82, 2.24) is 10.7 Å². The molecule has 2 aromatic rings. The fourth-order valence-corrected chi connectivity index (χ4v) is 3.31. The van der Waals surface area contributed by atoms with Crippen LogP contribution in [0, 0.1) is 17.2 Å². The number of nitriles is 1. The Morgan fingerprint density at radius 2 is 1.91 bits per heavy atom. The van der Waals surface area contributed by atoms with Gasteiger partial charge in [-0.25, -0.2) is 5.43 Å². The summed E-state index contributed by atoms with van der Waals surface area (Å²) in [6.07, 6.45) is 0.944. The van der Waals surface area contributed by atoms with Gasteiger partial charge in [-0.15, -0.1) is 0 Å². The Morgan fingerprint density at radius 1 is 1.15 bits per heavy atom. The van der Waals surface area contributed by atoms with E-state index in [1.54, 1.807) is 43.3 Å². The maximum absolute atomic E-state index is 12.7. The molecule has 0 heterocycles. The molecule has 0 aliphatic carbocycles. The molecule has 34 heavy (non-hydrogen) atoms. The molecule has 2 N–H and O–H groups in total. The number of nitrogens with zero attached hydrogens (tertiary/aromatic N) is 2. The van der Waals surface area contributed by atoms with Crippen LogP contribution in [0.15, 0.2) is 47.6 Å². The van der Waals surface area contributed by atoms with Crippen molar-refractivity contribution in [3.8, 4) is 17.6 Å². The number of carbonyl (C=O) groups excluding carboxylic acids is 2. The average Bonchev–Trinajstić information content (AvgIpc) is 2.78. The molecule has 0 saturated heterocycles. The van der Waals surface area contributed by atoms with E-state index in [1.165, 1.54) is 12.3 Å². The summed E-state index contributed by atoms with van der Waals surface area (Å²) in [5, 5.41) is 16.0. The summed E-state index contributed by atoms with van der Waals surface area (Å²) in [7, 11) is 0. The first-order valence-corrected chi connectivity index (χ1v) is 11.3. The number of amides is 2. The predicted molar refractivity (Wildman–Crippen MR) is 131 cm³/mol. The standard InChI is InChI=1S/C24H26Cl2N4O4/c1-15(2)11-21(29-23(31)16(3)34-22-8-7-18(25)13-20(22)26)24(32)30-28-14-17-5-4-6-19(12-17)33-10-9-27/h4-8,12-16,21H,10-11H2,1-3H3,(H,29,31)(H,30,32)/b28-14-/t16-,21+/m0/s1. The molecule has 0 saturated carbocycles. The zero-order valence-electron chi connectivity index (χ0n) is 19.0. The van der Waals surface area contributed by atoms with Gasteiger partial charge in [-0.1, -0.05) is 49.2 Å². The van der Waals surface area contributed by atoms with Crippen LogP contribution < -0.4 is 20.2 Å². The minimum Gasteiger partial charge on any atom is -0.479 e. The summed E-state index contributed by atoms with van der Waals surface area (Å²) in [6, 6.07) is 12.7. The second kappa shape index (κ2) is 13.4. The molecule has 2 aromatic carbocycles. The summed E-state index contributed by atoms with van der Waals surface area (Å²) in [4.78, 5) is 25.4. The van der Waals surface area contributed by atoms with Gasteiger partial charge < -0.3 is 14.8 Å². The Labute approximate surface area is 208 Å². The van der Waals surface area contributed by atoms with E-state index in [0.717, 1.165) is 0 Å². The van der Waals surface area contributed by atoms with Crippen LogP contribution in [0.4, 0.5) is 0 Å². The minimum atomic E-state index is -0.902. The third kappa shape index (κ3) is 8.93. The number of halogens is 2. The quantitative estimate of drug-likeness (QED) is 0.349. The smallest absolute Gasteiger partial charge is 0.262 e. The van der Waals surface area contributed by atoms with E-state index in [4.69, 9.17) is 37.9 Å². The van der Waals surface area contributed by atoms with Gasteiger partial charge in [0.2, 0.25) is 0 Å². The number of nitrogens with one attached hydrogen (secondary N) is 2. The first kappa shape index (κ1) is 27.0. The number of ether oxygens (including phenoxy) is 2. The van der Waals surface area contributed by atoms with Crippen molar-refractivity contribution in [2.45, 2.75) is 39.3 Å². The van der Waals surface area contributed by atoms with E-state index in [9.17, 15) is 9.59 Å². The Morgan fingerprint density at radius 3 is 2.59 bits per heavy atom. The van der Waals surface area contributed by atoms with Gasteiger partial charge in [0.15, 0.2) is 12.7 Å². The fraction of sp³-hybridized carbons (Fsp3) is 0.333.